The van der Waals surface area contributed by atoms with Gasteiger partial charge in [0.15, 0.2) is 5.43 Å². The molecule has 0 unspecified atom stereocenters. The Balaban J connectivity index is 2.03. The first-order valence-corrected chi connectivity index (χ1v) is 8.11. The maximum atomic E-state index is 13.0. The van der Waals surface area contributed by atoms with Crippen LogP contribution in [0.3, 0.4) is 0 Å². The summed E-state index contributed by atoms with van der Waals surface area (Å²) in [6.45, 7) is 2.36. The van der Waals surface area contributed by atoms with Crippen LogP contribution >= 0.6 is 11.6 Å². The number of nitrogens with zero attached hydrogens (tertiary/aromatic N) is 1. The maximum Gasteiger partial charge on any atom is 0.290 e. The third kappa shape index (κ3) is 2.07. The first-order valence-electron chi connectivity index (χ1n) is 7.74. The first kappa shape index (κ1) is 15.0. The quantitative estimate of drug-likeness (QED) is 0.708. The molecule has 0 aliphatic carbocycles. The first-order chi connectivity index (χ1) is 11.6. The van der Waals surface area contributed by atoms with E-state index in [1.54, 1.807) is 41.3 Å². The van der Waals surface area contributed by atoms with Gasteiger partial charge in [0.05, 0.1) is 17.0 Å². The van der Waals surface area contributed by atoms with Crippen LogP contribution in [0.2, 0.25) is 5.02 Å². The lowest BCUT2D eigenvalue weighted by atomic mass is 9.98. The lowest BCUT2D eigenvalue weighted by Crippen LogP contribution is -2.29. The van der Waals surface area contributed by atoms with Crippen LogP contribution in [0.1, 0.15) is 34.6 Å². The molecule has 0 saturated carbocycles. The number of benzene rings is 2. The Labute approximate surface area is 143 Å². The van der Waals surface area contributed by atoms with Crippen LogP contribution in [0.4, 0.5) is 0 Å². The number of carbonyl (C=O) groups excluding carboxylic acids is 1. The number of hydrogen-bond acceptors (Lipinski definition) is 3. The summed E-state index contributed by atoms with van der Waals surface area (Å²) in [7, 11) is 0. The molecular formula is C19H14ClNO3. The van der Waals surface area contributed by atoms with Gasteiger partial charge in [0, 0.05) is 11.6 Å². The van der Waals surface area contributed by atoms with E-state index in [-0.39, 0.29) is 17.1 Å². The van der Waals surface area contributed by atoms with E-state index in [1.807, 2.05) is 19.1 Å². The van der Waals surface area contributed by atoms with Crippen LogP contribution < -0.4 is 5.43 Å². The average Bonchev–Trinajstić information content (AvgIpc) is 2.88. The third-order valence-electron chi connectivity index (χ3n) is 4.40. The molecule has 0 radical (unpaired) electrons. The number of rotatable bonds is 2. The minimum Gasteiger partial charge on any atom is -0.450 e. The lowest BCUT2D eigenvalue weighted by Gasteiger charge is -2.23. The van der Waals surface area contributed by atoms with Gasteiger partial charge in [-0.05, 0) is 36.8 Å². The molecule has 0 N–H and O–H groups in total. The van der Waals surface area contributed by atoms with Crippen LogP contribution in [0, 0.1) is 0 Å². The highest BCUT2D eigenvalue weighted by Crippen LogP contribution is 2.38. The van der Waals surface area contributed by atoms with Crippen LogP contribution in [0.15, 0.2) is 57.7 Å². The van der Waals surface area contributed by atoms with E-state index in [0.29, 0.717) is 28.1 Å². The highest BCUT2D eigenvalue weighted by atomic mass is 35.5. The van der Waals surface area contributed by atoms with E-state index in [2.05, 4.69) is 0 Å². The van der Waals surface area contributed by atoms with Crippen molar-refractivity contribution in [2.45, 2.75) is 13.0 Å². The topological polar surface area (TPSA) is 50.5 Å². The summed E-state index contributed by atoms with van der Waals surface area (Å²) < 4.78 is 5.79. The van der Waals surface area contributed by atoms with Gasteiger partial charge < -0.3 is 9.32 Å². The third-order valence-corrected chi connectivity index (χ3v) is 4.65. The summed E-state index contributed by atoms with van der Waals surface area (Å²) in [5, 5.41) is 1.10. The van der Waals surface area contributed by atoms with E-state index < -0.39 is 6.04 Å². The number of hydrogen-bond donors (Lipinski definition) is 0. The zero-order chi connectivity index (χ0) is 16.8. The molecule has 4 rings (SSSR count). The van der Waals surface area contributed by atoms with Gasteiger partial charge in [0.2, 0.25) is 5.76 Å². The maximum absolute atomic E-state index is 13.0. The zero-order valence-corrected chi connectivity index (χ0v) is 13.7. The van der Waals surface area contributed by atoms with Crippen molar-refractivity contribution in [2.24, 2.45) is 0 Å². The van der Waals surface area contributed by atoms with Gasteiger partial charge in [-0.15, -0.1) is 0 Å². The molecule has 2 aromatic carbocycles. The van der Waals surface area contributed by atoms with Crippen LogP contribution in [-0.2, 0) is 0 Å². The lowest BCUT2D eigenvalue weighted by molar-refractivity contribution is 0.0738. The number of carbonyl (C=O) groups is 1. The molecule has 0 bridgehead atoms. The molecule has 0 fully saturated rings. The van der Waals surface area contributed by atoms with E-state index in [9.17, 15) is 9.59 Å². The van der Waals surface area contributed by atoms with Gasteiger partial charge >= 0.3 is 0 Å². The highest BCUT2D eigenvalue weighted by Gasteiger charge is 2.41. The van der Waals surface area contributed by atoms with Gasteiger partial charge in [0.25, 0.3) is 5.91 Å². The molecule has 0 saturated heterocycles. The molecule has 1 aliphatic rings. The molecule has 1 aromatic heterocycles. The monoisotopic (exact) mass is 339 g/mol. The van der Waals surface area contributed by atoms with Crippen molar-refractivity contribution < 1.29 is 9.21 Å². The number of para-hydroxylation sites is 1. The Kier molecular flexibility index (Phi) is 3.43. The molecule has 1 amide bonds. The Bertz CT molecular complexity index is 1010. The van der Waals surface area contributed by atoms with Gasteiger partial charge in [-0.25, -0.2) is 0 Å². The molecule has 0 spiro atoms. The largest absolute Gasteiger partial charge is 0.450 e. The standard InChI is InChI=1S/C19H14ClNO3/c1-2-21-16(11-7-9-12(20)10-8-11)15-17(22)13-5-3-4-6-14(13)24-18(15)19(21)23/h3-10,16H,2H2,1H3/t16-/m0/s1. The summed E-state index contributed by atoms with van der Waals surface area (Å²) in [5.74, 6) is -0.115. The molecule has 1 aliphatic heterocycles. The molecule has 4 nitrogen and oxygen atoms in total. The smallest absolute Gasteiger partial charge is 0.290 e. The van der Waals surface area contributed by atoms with Gasteiger partial charge in [0.1, 0.15) is 5.58 Å². The van der Waals surface area contributed by atoms with Crippen molar-refractivity contribution in [1.29, 1.82) is 0 Å². The molecule has 24 heavy (non-hydrogen) atoms. The summed E-state index contributed by atoms with van der Waals surface area (Å²) in [6, 6.07) is 13.7. The van der Waals surface area contributed by atoms with Crippen molar-refractivity contribution in [1.82, 2.24) is 4.90 Å². The minimum absolute atomic E-state index is 0.139. The van der Waals surface area contributed by atoms with E-state index in [1.165, 1.54) is 0 Å². The number of fused-ring (bicyclic) bond motifs is 2. The summed E-state index contributed by atoms with van der Waals surface area (Å²) >= 11 is 5.97. The second kappa shape index (κ2) is 5.49. The van der Waals surface area contributed by atoms with E-state index >= 15 is 0 Å². The molecule has 5 heteroatoms. The van der Waals surface area contributed by atoms with Crippen molar-refractivity contribution in [3.63, 3.8) is 0 Å². The fourth-order valence-electron chi connectivity index (χ4n) is 3.28. The summed E-state index contributed by atoms with van der Waals surface area (Å²) in [6.07, 6.45) is 0. The summed E-state index contributed by atoms with van der Waals surface area (Å²) in [4.78, 5) is 27.4. The van der Waals surface area contributed by atoms with Crippen LogP contribution in [0.5, 0.6) is 0 Å². The Morgan fingerprint density at radius 1 is 1.08 bits per heavy atom. The van der Waals surface area contributed by atoms with E-state index in [0.717, 1.165) is 5.56 Å². The average molecular weight is 340 g/mol. The summed E-state index contributed by atoms with van der Waals surface area (Å²) in [5.41, 5.74) is 1.53. The predicted octanol–water partition coefficient (Wildman–Crippen LogP) is 4.01. The van der Waals surface area contributed by atoms with E-state index in [4.69, 9.17) is 16.0 Å². The van der Waals surface area contributed by atoms with Crippen molar-refractivity contribution in [3.8, 4) is 0 Å². The van der Waals surface area contributed by atoms with Crippen LogP contribution in [-0.4, -0.2) is 17.4 Å². The zero-order valence-electron chi connectivity index (χ0n) is 13.0. The SMILES string of the molecule is CCN1C(=O)c2oc3ccccc3c(=O)c2[C@@H]1c1ccc(Cl)cc1. The number of amides is 1. The molecule has 3 aromatic rings. The normalized spacial score (nSPS) is 16.7. The Morgan fingerprint density at radius 2 is 1.79 bits per heavy atom. The minimum atomic E-state index is -0.448. The molecule has 1 atom stereocenters. The van der Waals surface area contributed by atoms with Gasteiger partial charge in [-0.3, -0.25) is 9.59 Å². The van der Waals surface area contributed by atoms with Crippen molar-refractivity contribution >= 4 is 28.5 Å². The second-order valence-corrected chi connectivity index (χ2v) is 6.15. The highest BCUT2D eigenvalue weighted by molar-refractivity contribution is 6.30. The van der Waals surface area contributed by atoms with Crippen molar-refractivity contribution in [3.05, 3.63) is 80.7 Å². The fraction of sp³-hybridized carbons (Fsp3) is 0.158. The van der Waals surface area contributed by atoms with Crippen LogP contribution in [0.25, 0.3) is 11.0 Å². The Morgan fingerprint density at radius 3 is 2.50 bits per heavy atom. The Hall–Kier alpha value is -2.59. The molecular weight excluding hydrogens is 326 g/mol. The van der Waals surface area contributed by atoms with Gasteiger partial charge in [-0.1, -0.05) is 35.9 Å². The predicted molar refractivity (Wildman–Crippen MR) is 92.5 cm³/mol. The molecule has 120 valence electrons. The van der Waals surface area contributed by atoms with Gasteiger partial charge in [-0.2, -0.15) is 0 Å². The molecule has 2 heterocycles. The number of halogens is 1. The second-order valence-electron chi connectivity index (χ2n) is 5.72. The van der Waals surface area contributed by atoms with Crippen molar-refractivity contribution in [2.75, 3.05) is 6.54 Å². The fourth-order valence-corrected chi connectivity index (χ4v) is 3.41.